The van der Waals surface area contributed by atoms with Crippen LogP contribution >= 0.6 is 0 Å². The predicted molar refractivity (Wildman–Crippen MR) is 179 cm³/mol. The van der Waals surface area contributed by atoms with E-state index in [1.807, 2.05) is 62.3 Å². The summed E-state index contributed by atoms with van der Waals surface area (Å²) in [6.45, 7) is 20.8. The van der Waals surface area contributed by atoms with Crippen LogP contribution in [-0.4, -0.2) is 62.0 Å². The predicted octanol–water partition coefficient (Wildman–Crippen LogP) is 6.63. The van der Waals surface area contributed by atoms with Crippen LogP contribution in [0.3, 0.4) is 0 Å². The van der Waals surface area contributed by atoms with E-state index < -0.39 is 0 Å². The molecule has 3 N–H and O–H groups in total. The summed E-state index contributed by atoms with van der Waals surface area (Å²) in [6, 6.07) is 5.01. The number of unbranched alkanes of at least 4 members (excludes halogenated alkanes) is 1. The van der Waals surface area contributed by atoms with E-state index in [2.05, 4.69) is 16.0 Å². The molecular weight excluding hydrogens is 546 g/mol. The SMILES string of the molecule is CC.CC.CC.CCC(=O)CCC(C)C=O.CCCC(=O)c1cccc(NCC(=O)NCCCCNCC(C)=O)c1C=O. The van der Waals surface area contributed by atoms with Crippen molar-refractivity contribution in [3.8, 4) is 0 Å². The number of anilines is 1. The van der Waals surface area contributed by atoms with Crippen LogP contribution in [0.4, 0.5) is 5.69 Å². The van der Waals surface area contributed by atoms with Crippen LogP contribution in [0.15, 0.2) is 18.2 Å². The molecule has 0 saturated carbocycles. The van der Waals surface area contributed by atoms with Crippen LogP contribution in [0.1, 0.15) is 135 Å². The molecule has 1 unspecified atom stereocenters. The normalized spacial score (nSPS) is 9.81. The third kappa shape index (κ3) is 27.4. The number of Topliss-reactive ketones (excluding diaryl/α,β-unsaturated/α-hetero) is 3. The Morgan fingerprint density at radius 3 is 1.98 bits per heavy atom. The molecule has 0 radical (unpaired) electrons. The molecule has 9 heteroatoms. The van der Waals surface area contributed by atoms with E-state index in [4.69, 9.17) is 0 Å². The maximum atomic E-state index is 12.1. The second kappa shape index (κ2) is 35.0. The Bertz CT molecular complexity index is 887. The van der Waals surface area contributed by atoms with Gasteiger partial charge in [0, 0.05) is 48.5 Å². The van der Waals surface area contributed by atoms with Crippen molar-refractivity contribution in [1.29, 1.82) is 0 Å². The molecule has 0 heterocycles. The van der Waals surface area contributed by atoms with Crippen molar-refractivity contribution in [1.82, 2.24) is 10.6 Å². The van der Waals surface area contributed by atoms with Crippen molar-refractivity contribution in [2.24, 2.45) is 5.92 Å². The van der Waals surface area contributed by atoms with Crippen LogP contribution in [0.5, 0.6) is 0 Å². The lowest BCUT2D eigenvalue weighted by atomic mass is 10.00. The van der Waals surface area contributed by atoms with Gasteiger partial charge in [0.25, 0.3) is 0 Å². The summed E-state index contributed by atoms with van der Waals surface area (Å²) >= 11 is 0. The molecule has 0 spiro atoms. The standard InChI is InChI=1S/C20H29N3O4.C8H14O2.3C2H6/c1-3-7-19(26)16-8-6-9-18(17(16)14-24)23-13-20(27)22-11-5-4-10-21-12-15(2)25;1-3-8(10)5-4-7(2)6-9;3*1-2/h6,8-9,14,21,23H,3-5,7,10-13H2,1-2H3,(H,22,27);6-7H,3-5H2,1-2H3;3*1-2H3. The van der Waals surface area contributed by atoms with E-state index in [-0.39, 0.29) is 35.7 Å². The minimum Gasteiger partial charge on any atom is -0.376 e. The number of ketones is 3. The number of aldehydes is 2. The molecule has 0 fully saturated rings. The second-order valence-corrected chi connectivity index (χ2v) is 8.89. The third-order valence-corrected chi connectivity index (χ3v) is 5.42. The number of hydrogen-bond donors (Lipinski definition) is 3. The van der Waals surface area contributed by atoms with Crippen molar-refractivity contribution in [3.05, 3.63) is 29.3 Å². The summed E-state index contributed by atoms with van der Waals surface area (Å²) in [5, 5.41) is 8.75. The lowest BCUT2D eigenvalue weighted by Crippen LogP contribution is -2.31. The van der Waals surface area contributed by atoms with Gasteiger partial charge in [-0.3, -0.25) is 24.0 Å². The lowest BCUT2D eigenvalue weighted by Gasteiger charge is -2.12. The number of carbonyl (C=O) groups is 6. The van der Waals surface area contributed by atoms with Crippen LogP contribution in [-0.2, 0) is 19.2 Å². The van der Waals surface area contributed by atoms with E-state index >= 15 is 0 Å². The van der Waals surface area contributed by atoms with Gasteiger partial charge in [-0.25, -0.2) is 0 Å². The smallest absolute Gasteiger partial charge is 0.239 e. The number of rotatable bonds is 19. The Labute approximate surface area is 261 Å². The van der Waals surface area contributed by atoms with Gasteiger partial charge in [0.1, 0.15) is 17.9 Å². The van der Waals surface area contributed by atoms with Gasteiger partial charge >= 0.3 is 0 Å². The zero-order valence-corrected chi connectivity index (χ0v) is 28.7. The minimum absolute atomic E-state index is 0.0227. The van der Waals surface area contributed by atoms with E-state index in [9.17, 15) is 28.8 Å². The highest BCUT2D eigenvalue weighted by atomic mass is 16.2. The molecule has 0 aliphatic carbocycles. The van der Waals surface area contributed by atoms with E-state index in [0.717, 1.165) is 25.7 Å². The molecule has 1 amide bonds. The number of hydrogen-bond acceptors (Lipinski definition) is 8. The molecule has 1 rings (SSSR count). The van der Waals surface area contributed by atoms with Crippen molar-refractivity contribution in [2.75, 3.05) is 31.5 Å². The van der Waals surface area contributed by atoms with Crippen LogP contribution in [0, 0.1) is 5.92 Å². The summed E-state index contributed by atoms with van der Waals surface area (Å²) in [7, 11) is 0. The summed E-state index contributed by atoms with van der Waals surface area (Å²) in [5.74, 6) is 0.119. The number of benzene rings is 1. The van der Waals surface area contributed by atoms with Crippen LogP contribution in [0.2, 0.25) is 0 Å². The van der Waals surface area contributed by atoms with Crippen molar-refractivity contribution in [2.45, 2.75) is 114 Å². The van der Waals surface area contributed by atoms with Crippen molar-refractivity contribution >= 4 is 41.5 Å². The molecule has 0 aliphatic rings. The van der Waals surface area contributed by atoms with Gasteiger partial charge < -0.3 is 20.7 Å². The van der Waals surface area contributed by atoms with Gasteiger partial charge in [-0.2, -0.15) is 0 Å². The monoisotopic (exact) mass is 607 g/mol. The van der Waals surface area contributed by atoms with Gasteiger partial charge in [-0.1, -0.05) is 74.4 Å². The fourth-order valence-electron chi connectivity index (χ4n) is 3.19. The second-order valence-electron chi connectivity index (χ2n) is 8.89. The summed E-state index contributed by atoms with van der Waals surface area (Å²) in [6.07, 6.45) is 6.14. The Balaban J connectivity index is -0.000000397. The minimum atomic E-state index is -0.186. The average molecular weight is 608 g/mol. The first kappa shape index (κ1) is 46.7. The fraction of sp³-hybridized carbons (Fsp3) is 0.647. The maximum absolute atomic E-state index is 12.1. The number of amides is 1. The largest absolute Gasteiger partial charge is 0.376 e. The van der Waals surface area contributed by atoms with Crippen molar-refractivity contribution < 1.29 is 28.8 Å². The topological polar surface area (TPSA) is 139 Å². The Morgan fingerprint density at radius 1 is 0.860 bits per heavy atom. The third-order valence-electron chi connectivity index (χ3n) is 5.42. The van der Waals surface area contributed by atoms with Gasteiger partial charge in [-0.05, 0) is 45.2 Å². The summed E-state index contributed by atoms with van der Waals surface area (Å²) in [5.41, 5.74) is 1.16. The zero-order chi connectivity index (χ0) is 34.1. The first-order chi connectivity index (χ1) is 20.7. The van der Waals surface area contributed by atoms with E-state index in [1.54, 1.807) is 18.2 Å². The molecule has 1 atom stereocenters. The number of carbonyl (C=O) groups excluding carboxylic acids is 6. The molecule has 9 nitrogen and oxygen atoms in total. The highest BCUT2D eigenvalue weighted by Crippen LogP contribution is 2.20. The first-order valence-electron chi connectivity index (χ1n) is 16.0. The molecule has 0 aromatic heterocycles. The van der Waals surface area contributed by atoms with Crippen LogP contribution in [0.25, 0.3) is 0 Å². The highest BCUT2D eigenvalue weighted by molar-refractivity contribution is 6.05. The average Bonchev–Trinajstić information content (AvgIpc) is 3.04. The molecule has 43 heavy (non-hydrogen) atoms. The first-order valence-corrected chi connectivity index (χ1v) is 16.0. The van der Waals surface area contributed by atoms with E-state index in [0.29, 0.717) is 68.3 Å². The van der Waals surface area contributed by atoms with Crippen LogP contribution < -0.4 is 16.0 Å². The molecule has 0 bridgehead atoms. The zero-order valence-electron chi connectivity index (χ0n) is 28.7. The lowest BCUT2D eigenvalue weighted by molar-refractivity contribution is -0.120. The quantitative estimate of drug-likeness (QED) is 0.0905. The Morgan fingerprint density at radius 2 is 1.47 bits per heavy atom. The Hall–Kier alpha value is -3.20. The molecule has 0 aliphatic heterocycles. The highest BCUT2D eigenvalue weighted by Gasteiger charge is 2.14. The van der Waals surface area contributed by atoms with Gasteiger partial charge in [0.15, 0.2) is 12.1 Å². The van der Waals surface area contributed by atoms with Gasteiger partial charge in [0.05, 0.1) is 13.1 Å². The molecule has 1 aromatic carbocycles. The fourth-order valence-corrected chi connectivity index (χ4v) is 3.19. The molecule has 0 saturated heterocycles. The van der Waals surface area contributed by atoms with Gasteiger partial charge in [-0.15, -0.1) is 0 Å². The number of nitrogens with one attached hydrogen (secondary N) is 3. The van der Waals surface area contributed by atoms with Crippen molar-refractivity contribution in [3.63, 3.8) is 0 Å². The molecule has 248 valence electrons. The maximum Gasteiger partial charge on any atom is 0.239 e. The Kier molecular flexibility index (Phi) is 38.1. The molecule has 1 aromatic rings. The van der Waals surface area contributed by atoms with Gasteiger partial charge in [0.2, 0.25) is 5.91 Å². The summed E-state index contributed by atoms with van der Waals surface area (Å²) in [4.78, 5) is 67.1. The summed E-state index contributed by atoms with van der Waals surface area (Å²) < 4.78 is 0. The van der Waals surface area contributed by atoms with E-state index in [1.165, 1.54) is 6.92 Å². The molecular formula is C34H61N3O6.